The Morgan fingerprint density at radius 1 is 0.967 bits per heavy atom. The first kappa shape index (κ1) is 19.9. The van der Waals surface area contributed by atoms with Gasteiger partial charge < -0.3 is 14.8 Å². The summed E-state index contributed by atoms with van der Waals surface area (Å²) in [5.41, 5.74) is 5.21. The second-order valence-corrected chi connectivity index (χ2v) is 7.58. The number of aromatic nitrogens is 2. The summed E-state index contributed by atoms with van der Waals surface area (Å²) in [6.45, 7) is 3.91. The second-order valence-electron chi connectivity index (χ2n) is 7.58. The largest absolute Gasteiger partial charge is 0.497 e. The van der Waals surface area contributed by atoms with Gasteiger partial charge in [-0.3, -0.25) is 4.79 Å². The number of aryl methyl sites for hydroxylation is 2. The molecule has 1 atom stereocenters. The van der Waals surface area contributed by atoms with E-state index < -0.39 is 0 Å². The van der Waals surface area contributed by atoms with Gasteiger partial charge in [-0.1, -0.05) is 23.8 Å². The van der Waals surface area contributed by atoms with E-state index in [1.54, 1.807) is 14.2 Å². The van der Waals surface area contributed by atoms with Gasteiger partial charge >= 0.3 is 0 Å². The van der Waals surface area contributed by atoms with Gasteiger partial charge in [0.2, 0.25) is 5.95 Å². The van der Waals surface area contributed by atoms with Crippen LogP contribution in [0.15, 0.2) is 42.5 Å². The standard InChI is InChI=1S/C24H25N3O3/c1-14-5-7-17(8-6-14)26-24-25-15(2)23-20(27-24)11-16(12-21(23)28)19-10-9-18(29-3)13-22(19)30-4/h5-10,13,16H,11-12H2,1-4H3,(H,25,26,27)/t16-/m0/s1. The molecule has 1 aliphatic rings. The molecule has 1 N–H and O–H groups in total. The molecule has 0 saturated heterocycles. The summed E-state index contributed by atoms with van der Waals surface area (Å²) in [5.74, 6) is 2.01. The number of carbonyl (C=O) groups is 1. The number of nitrogens with zero attached hydrogens (tertiary/aromatic N) is 2. The van der Waals surface area contributed by atoms with Crippen molar-refractivity contribution in [2.75, 3.05) is 19.5 Å². The molecule has 0 aliphatic heterocycles. The average molecular weight is 403 g/mol. The summed E-state index contributed by atoms with van der Waals surface area (Å²) in [6.07, 6.45) is 1.06. The molecule has 2 aromatic carbocycles. The van der Waals surface area contributed by atoms with Crippen LogP contribution in [-0.4, -0.2) is 30.0 Å². The van der Waals surface area contributed by atoms with Gasteiger partial charge in [0.25, 0.3) is 0 Å². The molecule has 1 heterocycles. The van der Waals surface area contributed by atoms with E-state index in [9.17, 15) is 4.79 Å². The van der Waals surface area contributed by atoms with Crippen LogP contribution < -0.4 is 14.8 Å². The number of hydrogen-bond donors (Lipinski definition) is 1. The van der Waals surface area contributed by atoms with Crippen molar-refractivity contribution in [3.8, 4) is 11.5 Å². The number of benzene rings is 2. The third kappa shape index (κ3) is 3.85. The highest BCUT2D eigenvalue weighted by Crippen LogP contribution is 2.39. The van der Waals surface area contributed by atoms with Gasteiger partial charge in [-0.15, -0.1) is 0 Å². The molecule has 6 heteroatoms. The number of fused-ring (bicyclic) bond motifs is 1. The molecule has 4 rings (SSSR count). The summed E-state index contributed by atoms with van der Waals surface area (Å²) in [4.78, 5) is 22.2. The van der Waals surface area contributed by atoms with Crippen molar-refractivity contribution >= 4 is 17.4 Å². The molecule has 6 nitrogen and oxygen atoms in total. The number of ketones is 1. The number of Topliss-reactive ketones (excluding diaryl/α,β-unsaturated/α-hetero) is 1. The fourth-order valence-corrected chi connectivity index (χ4v) is 3.97. The van der Waals surface area contributed by atoms with Crippen LogP contribution in [0.5, 0.6) is 11.5 Å². The molecule has 1 aliphatic carbocycles. The third-order valence-corrected chi connectivity index (χ3v) is 5.50. The molecule has 0 amide bonds. The van der Waals surface area contributed by atoms with E-state index in [1.165, 1.54) is 5.56 Å². The van der Waals surface area contributed by atoms with Crippen molar-refractivity contribution in [1.29, 1.82) is 0 Å². The molecule has 30 heavy (non-hydrogen) atoms. The Balaban J connectivity index is 1.67. The van der Waals surface area contributed by atoms with E-state index in [2.05, 4.69) is 10.3 Å². The predicted molar refractivity (Wildman–Crippen MR) is 116 cm³/mol. The molecule has 0 spiro atoms. The first-order chi connectivity index (χ1) is 14.5. The van der Waals surface area contributed by atoms with Crippen molar-refractivity contribution in [2.45, 2.75) is 32.6 Å². The zero-order valence-electron chi connectivity index (χ0n) is 17.7. The monoisotopic (exact) mass is 403 g/mol. The molecule has 0 saturated carbocycles. The van der Waals surface area contributed by atoms with Gasteiger partial charge in [0.1, 0.15) is 11.5 Å². The average Bonchev–Trinajstić information content (AvgIpc) is 2.74. The molecule has 0 unspecified atom stereocenters. The molecule has 0 fully saturated rings. The van der Waals surface area contributed by atoms with E-state index in [1.807, 2.05) is 56.3 Å². The number of hydrogen-bond acceptors (Lipinski definition) is 6. The predicted octanol–water partition coefficient (Wildman–Crippen LogP) is 4.77. The molecule has 3 aromatic rings. The van der Waals surface area contributed by atoms with Crippen LogP contribution >= 0.6 is 0 Å². The number of methoxy groups -OCH3 is 2. The summed E-state index contributed by atoms with van der Waals surface area (Å²) >= 11 is 0. The normalized spacial score (nSPS) is 15.5. The lowest BCUT2D eigenvalue weighted by Gasteiger charge is -2.26. The number of ether oxygens (including phenoxy) is 2. The summed E-state index contributed by atoms with van der Waals surface area (Å²) in [7, 11) is 3.25. The first-order valence-electron chi connectivity index (χ1n) is 9.94. The summed E-state index contributed by atoms with van der Waals surface area (Å²) in [5, 5.41) is 3.25. The number of anilines is 2. The minimum atomic E-state index is -0.00705. The Kier molecular flexibility index (Phi) is 5.40. The maximum atomic E-state index is 13.0. The molecular weight excluding hydrogens is 378 g/mol. The van der Waals surface area contributed by atoms with Crippen LogP contribution in [0.3, 0.4) is 0 Å². The van der Waals surface area contributed by atoms with Gasteiger partial charge in [0.15, 0.2) is 5.78 Å². The fraction of sp³-hybridized carbons (Fsp3) is 0.292. The Hall–Kier alpha value is -3.41. The van der Waals surface area contributed by atoms with Crippen LogP contribution in [0.2, 0.25) is 0 Å². The van der Waals surface area contributed by atoms with Crippen LogP contribution in [0.4, 0.5) is 11.6 Å². The Labute approximate surface area is 176 Å². The van der Waals surface area contributed by atoms with Crippen molar-refractivity contribution in [3.63, 3.8) is 0 Å². The summed E-state index contributed by atoms with van der Waals surface area (Å²) in [6, 6.07) is 13.8. The van der Waals surface area contributed by atoms with Gasteiger partial charge in [-0.05, 0) is 44.0 Å². The Bertz CT molecular complexity index is 1090. The Morgan fingerprint density at radius 2 is 1.73 bits per heavy atom. The van der Waals surface area contributed by atoms with Crippen LogP contribution in [0, 0.1) is 13.8 Å². The topological polar surface area (TPSA) is 73.3 Å². The van der Waals surface area contributed by atoms with Gasteiger partial charge in [-0.25, -0.2) is 9.97 Å². The lowest BCUT2D eigenvalue weighted by Crippen LogP contribution is -2.23. The van der Waals surface area contributed by atoms with Crippen molar-refractivity contribution in [1.82, 2.24) is 9.97 Å². The zero-order valence-corrected chi connectivity index (χ0v) is 17.7. The first-order valence-corrected chi connectivity index (χ1v) is 9.94. The SMILES string of the molecule is COc1ccc([C@@H]2CC(=O)c3c(C)nc(Nc4ccc(C)cc4)nc3C2)c(OC)c1. The molecule has 1 aromatic heterocycles. The molecule has 154 valence electrons. The van der Waals surface area contributed by atoms with Gasteiger partial charge in [0, 0.05) is 24.1 Å². The maximum absolute atomic E-state index is 13.0. The van der Waals surface area contributed by atoms with Gasteiger partial charge in [0.05, 0.1) is 31.2 Å². The lowest BCUT2D eigenvalue weighted by atomic mass is 9.81. The van der Waals surface area contributed by atoms with Crippen molar-refractivity contribution in [2.24, 2.45) is 0 Å². The lowest BCUT2D eigenvalue weighted by molar-refractivity contribution is 0.0961. The zero-order chi connectivity index (χ0) is 21.3. The molecular formula is C24H25N3O3. The Morgan fingerprint density at radius 3 is 2.43 bits per heavy atom. The smallest absolute Gasteiger partial charge is 0.227 e. The van der Waals surface area contributed by atoms with E-state index in [4.69, 9.17) is 14.5 Å². The minimum absolute atomic E-state index is 0.00705. The molecule has 0 radical (unpaired) electrons. The quantitative estimate of drug-likeness (QED) is 0.662. The van der Waals surface area contributed by atoms with Crippen LogP contribution in [-0.2, 0) is 6.42 Å². The van der Waals surface area contributed by atoms with Gasteiger partial charge in [-0.2, -0.15) is 0 Å². The highest BCUT2D eigenvalue weighted by molar-refractivity contribution is 6.00. The van der Waals surface area contributed by atoms with E-state index in [-0.39, 0.29) is 11.7 Å². The van der Waals surface area contributed by atoms with Crippen LogP contribution in [0.25, 0.3) is 0 Å². The number of nitrogens with one attached hydrogen (secondary N) is 1. The van der Waals surface area contributed by atoms with Crippen molar-refractivity contribution in [3.05, 3.63) is 70.5 Å². The summed E-state index contributed by atoms with van der Waals surface area (Å²) < 4.78 is 10.9. The molecule has 0 bridgehead atoms. The minimum Gasteiger partial charge on any atom is -0.497 e. The highest BCUT2D eigenvalue weighted by atomic mass is 16.5. The maximum Gasteiger partial charge on any atom is 0.227 e. The van der Waals surface area contributed by atoms with E-state index in [0.717, 1.165) is 28.4 Å². The van der Waals surface area contributed by atoms with E-state index in [0.29, 0.717) is 30.0 Å². The second kappa shape index (κ2) is 8.14. The van der Waals surface area contributed by atoms with Crippen LogP contribution in [0.1, 0.15) is 45.2 Å². The highest BCUT2D eigenvalue weighted by Gasteiger charge is 2.31. The third-order valence-electron chi connectivity index (χ3n) is 5.50. The van der Waals surface area contributed by atoms with E-state index >= 15 is 0 Å². The fourth-order valence-electron chi connectivity index (χ4n) is 3.97. The number of rotatable bonds is 5. The number of carbonyl (C=O) groups excluding carboxylic acids is 1. The van der Waals surface area contributed by atoms with Crippen molar-refractivity contribution < 1.29 is 14.3 Å².